The molecule has 0 aliphatic carbocycles. The van der Waals surface area contributed by atoms with Gasteiger partial charge in [-0.15, -0.1) is 0 Å². The summed E-state index contributed by atoms with van der Waals surface area (Å²) in [5.41, 5.74) is 6.72. The van der Waals surface area contributed by atoms with Crippen molar-refractivity contribution in [3.05, 3.63) is 35.9 Å². The summed E-state index contributed by atoms with van der Waals surface area (Å²) in [5.74, 6) is -0.581. The van der Waals surface area contributed by atoms with Crippen LogP contribution < -0.4 is 11.1 Å². The Balaban J connectivity index is 2.49. The van der Waals surface area contributed by atoms with Crippen molar-refractivity contribution in [2.45, 2.75) is 13.3 Å². The third kappa shape index (κ3) is 5.01. The smallest absolute Gasteiger partial charge is 0.241 e. The first-order valence-electron chi connectivity index (χ1n) is 6.84. The van der Waals surface area contributed by atoms with Crippen LogP contribution in [0.25, 0.3) is 0 Å². The van der Waals surface area contributed by atoms with Crippen molar-refractivity contribution >= 4 is 11.8 Å². The summed E-state index contributed by atoms with van der Waals surface area (Å²) in [5, 5.41) is 2.66. The van der Waals surface area contributed by atoms with E-state index in [0.29, 0.717) is 13.0 Å². The molecule has 1 aromatic carbocycles. The maximum absolute atomic E-state index is 12.0. The van der Waals surface area contributed by atoms with Crippen LogP contribution in [0.15, 0.2) is 30.3 Å². The molecule has 1 unspecified atom stereocenters. The number of rotatable bonds is 7. The van der Waals surface area contributed by atoms with Crippen LogP contribution in [0.3, 0.4) is 0 Å². The second-order valence-corrected chi connectivity index (χ2v) is 4.75. The standard InChI is InChI=1S/C15H23N3O2/c1-3-18(2)14(19)11-17-15(20)13(10-16)9-12-7-5-4-6-8-12/h4-8,13H,3,9-11,16H2,1-2H3,(H,17,20). The quantitative estimate of drug-likeness (QED) is 0.757. The summed E-state index contributed by atoms with van der Waals surface area (Å²) in [6.07, 6.45) is 0.584. The van der Waals surface area contributed by atoms with E-state index in [1.54, 1.807) is 11.9 Å². The van der Waals surface area contributed by atoms with Crippen LogP contribution in [0.2, 0.25) is 0 Å². The van der Waals surface area contributed by atoms with Crippen LogP contribution in [0.5, 0.6) is 0 Å². The Bertz CT molecular complexity index is 434. The summed E-state index contributed by atoms with van der Waals surface area (Å²) in [7, 11) is 1.71. The van der Waals surface area contributed by atoms with E-state index in [2.05, 4.69) is 5.32 Å². The number of nitrogens with zero attached hydrogens (tertiary/aromatic N) is 1. The Morgan fingerprint density at radius 3 is 2.50 bits per heavy atom. The zero-order valence-corrected chi connectivity index (χ0v) is 12.1. The van der Waals surface area contributed by atoms with Gasteiger partial charge in [-0.2, -0.15) is 0 Å². The second kappa shape index (κ2) is 8.32. The molecule has 0 fully saturated rings. The van der Waals surface area contributed by atoms with Gasteiger partial charge in [-0.05, 0) is 18.9 Å². The largest absolute Gasteiger partial charge is 0.347 e. The van der Waals surface area contributed by atoms with Gasteiger partial charge in [0.25, 0.3) is 0 Å². The number of likely N-dealkylation sites (N-methyl/N-ethyl adjacent to an activating group) is 1. The first-order valence-corrected chi connectivity index (χ1v) is 6.84. The maximum atomic E-state index is 12.0. The fraction of sp³-hybridized carbons (Fsp3) is 0.467. The number of hydrogen-bond donors (Lipinski definition) is 2. The van der Waals surface area contributed by atoms with Crippen LogP contribution in [0, 0.1) is 5.92 Å². The minimum atomic E-state index is -0.308. The molecule has 0 spiro atoms. The molecule has 5 nitrogen and oxygen atoms in total. The first kappa shape index (κ1) is 16.2. The Morgan fingerprint density at radius 1 is 1.30 bits per heavy atom. The van der Waals surface area contributed by atoms with Gasteiger partial charge < -0.3 is 16.0 Å². The lowest BCUT2D eigenvalue weighted by atomic mass is 9.98. The van der Waals surface area contributed by atoms with Gasteiger partial charge in [0, 0.05) is 20.1 Å². The molecule has 20 heavy (non-hydrogen) atoms. The van der Waals surface area contributed by atoms with Gasteiger partial charge in [0.15, 0.2) is 0 Å². The number of nitrogens with two attached hydrogens (primary N) is 1. The fourth-order valence-electron chi connectivity index (χ4n) is 1.80. The summed E-state index contributed by atoms with van der Waals surface area (Å²) in [6.45, 7) is 2.80. The Hall–Kier alpha value is -1.88. The van der Waals surface area contributed by atoms with E-state index < -0.39 is 0 Å². The highest BCUT2D eigenvalue weighted by molar-refractivity contribution is 5.86. The molecule has 110 valence electrons. The molecule has 0 aromatic heterocycles. The van der Waals surface area contributed by atoms with E-state index in [1.807, 2.05) is 37.3 Å². The normalized spacial score (nSPS) is 11.8. The van der Waals surface area contributed by atoms with Crippen molar-refractivity contribution in [3.63, 3.8) is 0 Å². The summed E-state index contributed by atoms with van der Waals surface area (Å²) in [4.78, 5) is 25.2. The van der Waals surface area contributed by atoms with Crippen molar-refractivity contribution in [2.75, 3.05) is 26.7 Å². The lowest BCUT2D eigenvalue weighted by Crippen LogP contribution is -2.42. The molecule has 0 saturated carbocycles. The van der Waals surface area contributed by atoms with Crippen molar-refractivity contribution in [1.29, 1.82) is 0 Å². The summed E-state index contributed by atoms with van der Waals surface area (Å²) in [6, 6.07) is 9.72. The van der Waals surface area contributed by atoms with Crippen molar-refractivity contribution in [2.24, 2.45) is 11.7 Å². The highest BCUT2D eigenvalue weighted by Crippen LogP contribution is 2.07. The zero-order chi connectivity index (χ0) is 15.0. The molecule has 0 bridgehead atoms. The number of carbonyl (C=O) groups excluding carboxylic acids is 2. The number of amides is 2. The maximum Gasteiger partial charge on any atom is 0.241 e. The lowest BCUT2D eigenvalue weighted by molar-refractivity contribution is -0.132. The predicted molar refractivity (Wildman–Crippen MR) is 79.0 cm³/mol. The highest BCUT2D eigenvalue weighted by atomic mass is 16.2. The molecule has 3 N–H and O–H groups in total. The van der Waals surface area contributed by atoms with Gasteiger partial charge in [0.1, 0.15) is 0 Å². The van der Waals surface area contributed by atoms with Crippen LogP contribution in [0.4, 0.5) is 0 Å². The van der Waals surface area contributed by atoms with Crippen molar-refractivity contribution in [3.8, 4) is 0 Å². The molecule has 0 radical (unpaired) electrons. The number of hydrogen-bond acceptors (Lipinski definition) is 3. The molecular weight excluding hydrogens is 254 g/mol. The van der Waals surface area contributed by atoms with Crippen LogP contribution in [-0.2, 0) is 16.0 Å². The van der Waals surface area contributed by atoms with Gasteiger partial charge in [0.05, 0.1) is 12.5 Å². The average Bonchev–Trinajstić information content (AvgIpc) is 2.49. The van der Waals surface area contributed by atoms with Crippen LogP contribution in [-0.4, -0.2) is 43.4 Å². The average molecular weight is 277 g/mol. The van der Waals surface area contributed by atoms with Crippen molar-refractivity contribution < 1.29 is 9.59 Å². The minimum absolute atomic E-state index is 0.0223. The Labute approximate surface area is 120 Å². The zero-order valence-electron chi connectivity index (χ0n) is 12.1. The molecular formula is C15H23N3O2. The SMILES string of the molecule is CCN(C)C(=O)CNC(=O)C(CN)Cc1ccccc1. The van der Waals surface area contributed by atoms with E-state index >= 15 is 0 Å². The first-order chi connectivity index (χ1) is 9.58. The third-order valence-corrected chi connectivity index (χ3v) is 3.29. The van der Waals surface area contributed by atoms with Gasteiger partial charge in [-0.25, -0.2) is 0 Å². The highest BCUT2D eigenvalue weighted by Gasteiger charge is 2.18. The second-order valence-electron chi connectivity index (χ2n) is 4.75. The molecule has 0 saturated heterocycles. The molecule has 2 amide bonds. The molecule has 1 rings (SSSR count). The van der Waals surface area contributed by atoms with Crippen molar-refractivity contribution in [1.82, 2.24) is 10.2 Å². The molecule has 1 atom stereocenters. The predicted octanol–water partition coefficient (Wildman–Crippen LogP) is 0.399. The van der Waals surface area contributed by atoms with E-state index in [9.17, 15) is 9.59 Å². The Morgan fingerprint density at radius 2 is 1.95 bits per heavy atom. The van der Waals surface area contributed by atoms with Crippen LogP contribution in [0.1, 0.15) is 12.5 Å². The Kier molecular flexibility index (Phi) is 6.73. The summed E-state index contributed by atoms with van der Waals surface area (Å²) >= 11 is 0. The minimum Gasteiger partial charge on any atom is -0.347 e. The number of benzene rings is 1. The van der Waals surface area contributed by atoms with E-state index in [0.717, 1.165) is 5.56 Å². The van der Waals surface area contributed by atoms with Gasteiger partial charge in [0.2, 0.25) is 11.8 Å². The lowest BCUT2D eigenvalue weighted by Gasteiger charge is -2.17. The van der Waals surface area contributed by atoms with Gasteiger partial charge in [-0.1, -0.05) is 30.3 Å². The van der Waals surface area contributed by atoms with Gasteiger partial charge in [-0.3, -0.25) is 9.59 Å². The molecule has 0 aliphatic rings. The monoisotopic (exact) mass is 277 g/mol. The fourth-order valence-corrected chi connectivity index (χ4v) is 1.80. The molecule has 1 aromatic rings. The topological polar surface area (TPSA) is 75.4 Å². The summed E-state index contributed by atoms with van der Waals surface area (Å²) < 4.78 is 0. The van der Waals surface area contributed by atoms with E-state index in [4.69, 9.17) is 5.73 Å². The van der Waals surface area contributed by atoms with E-state index in [1.165, 1.54) is 0 Å². The number of carbonyl (C=O) groups is 2. The van der Waals surface area contributed by atoms with Crippen LogP contribution >= 0.6 is 0 Å². The third-order valence-electron chi connectivity index (χ3n) is 3.29. The van der Waals surface area contributed by atoms with E-state index in [-0.39, 0.29) is 30.8 Å². The molecule has 0 heterocycles. The molecule has 0 aliphatic heterocycles. The van der Waals surface area contributed by atoms with Gasteiger partial charge >= 0.3 is 0 Å². The molecule has 5 heteroatoms. The number of nitrogens with one attached hydrogen (secondary N) is 1.